The molecule has 0 heterocycles. The van der Waals surface area contributed by atoms with Crippen molar-refractivity contribution in [2.24, 2.45) is 0 Å². The van der Waals surface area contributed by atoms with Gasteiger partial charge in [-0.3, -0.25) is 4.79 Å². The van der Waals surface area contributed by atoms with Gasteiger partial charge in [-0.25, -0.2) is 0 Å². The van der Waals surface area contributed by atoms with Gasteiger partial charge in [0, 0.05) is 6.04 Å². The number of ether oxygens (including phenoxy) is 1. The van der Waals surface area contributed by atoms with Crippen LogP contribution in [0, 0.1) is 0 Å². The lowest BCUT2D eigenvalue weighted by atomic mass is 10.1. The highest BCUT2D eigenvalue weighted by molar-refractivity contribution is 6.30. The third-order valence-corrected chi connectivity index (χ3v) is 3.15. The zero-order chi connectivity index (χ0) is 13.1. The van der Waals surface area contributed by atoms with Crippen LogP contribution in [-0.2, 0) is 4.79 Å². The summed E-state index contributed by atoms with van der Waals surface area (Å²) in [4.78, 5) is 11.8. The molecule has 3 nitrogen and oxygen atoms in total. The van der Waals surface area contributed by atoms with Gasteiger partial charge in [0.1, 0.15) is 11.1 Å². The minimum Gasteiger partial charge on any atom is -0.491 e. The minimum absolute atomic E-state index is 0.114. The molecule has 1 atom stereocenters. The van der Waals surface area contributed by atoms with Gasteiger partial charge in [-0.1, -0.05) is 12.1 Å². The van der Waals surface area contributed by atoms with E-state index in [0.29, 0.717) is 6.04 Å². The van der Waals surface area contributed by atoms with Crippen LogP contribution in [0.3, 0.4) is 0 Å². The summed E-state index contributed by atoms with van der Waals surface area (Å²) in [5, 5.41) is 2.27. The monoisotopic (exact) mass is 267 g/mol. The van der Waals surface area contributed by atoms with Crippen LogP contribution in [0.1, 0.15) is 37.6 Å². The molecule has 1 saturated carbocycles. The molecule has 0 aliphatic heterocycles. The molecule has 1 N–H and O–H groups in total. The number of hydrogen-bond acceptors (Lipinski definition) is 2. The fourth-order valence-corrected chi connectivity index (χ4v) is 1.85. The van der Waals surface area contributed by atoms with Gasteiger partial charge < -0.3 is 10.1 Å². The lowest BCUT2D eigenvalue weighted by Crippen LogP contribution is -2.28. The van der Waals surface area contributed by atoms with Crippen LogP contribution in [0.4, 0.5) is 0 Å². The van der Waals surface area contributed by atoms with E-state index in [9.17, 15) is 4.79 Å². The third-order valence-electron chi connectivity index (χ3n) is 2.70. The molecule has 0 aromatic heterocycles. The number of hydrogen-bond donors (Lipinski definition) is 1. The molecule has 2 rings (SSSR count). The smallest absolute Gasteiger partial charge is 0.242 e. The van der Waals surface area contributed by atoms with E-state index >= 15 is 0 Å². The van der Waals surface area contributed by atoms with Crippen molar-refractivity contribution in [3.63, 3.8) is 0 Å². The van der Waals surface area contributed by atoms with E-state index in [-0.39, 0.29) is 12.0 Å². The molecule has 18 heavy (non-hydrogen) atoms. The summed E-state index contributed by atoms with van der Waals surface area (Å²) in [6.45, 7) is 3.95. The van der Waals surface area contributed by atoms with Gasteiger partial charge in [0.25, 0.3) is 0 Å². The number of nitrogens with one attached hydrogen (secondary N) is 1. The van der Waals surface area contributed by atoms with E-state index < -0.39 is 5.38 Å². The molecular formula is C14H18ClNO2. The number of rotatable bonds is 5. The zero-order valence-electron chi connectivity index (χ0n) is 10.7. The van der Waals surface area contributed by atoms with Crippen LogP contribution >= 0.6 is 11.6 Å². The first-order chi connectivity index (χ1) is 8.56. The van der Waals surface area contributed by atoms with Crippen molar-refractivity contribution in [3.05, 3.63) is 29.8 Å². The van der Waals surface area contributed by atoms with E-state index in [4.69, 9.17) is 16.3 Å². The number of amides is 1. The first-order valence-corrected chi connectivity index (χ1v) is 6.71. The molecule has 1 aromatic carbocycles. The van der Waals surface area contributed by atoms with Gasteiger partial charge in [0.2, 0.25) is 5.91 Å². The highest BCUT2D eigenvalue weighted by Crippen LogP contribution is 2.26. The Balaban J connectivity index is 1.96. The Labute approximate surface area is 112 Å². The SMILES string of the molecule is CC(C)Oc1ccc(C(Cl)C(=O)NC2CC2)cc1. The van der Waals surface area contributed by atoms with Crippen LogP contribution in [-0.4, -0.2) is 18.1 Å². The van der Waals surface area contributed by atoms with Crippen molar-refractivity contribution in [2.75, 3.05) is 0 Å². The van der Waals surface area contributed by atoms with E-state index in [1.807, 2.05) is 38.1 Å². The molecule has 1 unspecified atom stereocenters. The van der Waals surface area contributed by atoms with Crippen molar-refractivity contribution >= 4 is 17.5 Å². The van der Waals surface area contributed by atoms with Crippen molar-refractivity contribution < 1.29 is 9.53 Å². The van der Waals surface area contributed by atoms with E-state index in [0.717, 1.165) is 24.2 Å². The second kappa shape index (κ2) is 5.61. The Morgan fingerprint density at radius 3 is 2.44 bits per heavy atom. The van der Waals surface area contributed by atoms with Crippen molar-refractivity contribution in [3.8, 4) is 5.75 Å². The number of benzene rings is 1. The fraction of sp³-hybridized carbons (Fsp3) is 0.500. The van der Waals surface area contributed by atoms with Gasteiger partial charge >= 0.3 is 0 Å². The summed E-state index contributed by atoms with van der Waals surface area (Å²) in [7, 11) is 0. The Bertz CT molecular complexity index is 412. The van der Waals surface area contributed by atoms with Gasteiger partial charge in [0.15, 0.2) is 0 Å². The van der Waals surface area contributed by atoms with Crippen LogP contribution in [0.2, 0.25) is 0 Å². The second-order valence-electron chi connectivity index (χ2n) is 4.88. The normalized spacial score (nSPS) is 16.4. The number of carbonyl (C=O) groups excluding carboxylic acids is 1. The molecule has 1 aliphatic rings. The fourth-order valence-electron chi connectivity index (χ4n) is 1.64. The summed E-state index contributed by atoms with van der Waals surface area (Å²) in [5.74, 6) is 0.678. The Hall–Kier alpha value is -1.22. The molecule has 1 fully saturated rings. The Morgan fingerprint density at radius 1 is 1.33 bits per heavy atom. The average molecular weight is 268 g/mol. The Kier molecular flexibility index (Phi) is 4.12. The quantitative estimate of drug-likeness (QED) is 0.833. The number of carbonyl (C=O) groups is 1. The van der Waals surface area contributed by atoms with Crippen LogP contribution in [0.5, 0.6) is 5.75 Å². The highest BCUT2D eigenvalue weighted by atomic mass is 35.5. The van der Waals surface area contributed by atoms with Crippen molar-refractivity contribution in [1.82, 2.24) is 5.32 Å². The molecule has 1 aromatic rings. The van der Waals surface area contributed by atoms with E-state index in [2.05, 4.69) is 5.32 Å². The van der Waals surface area contributed by atoms with Crippen LogP contribution in [0.15, 0.2) is 24.3 Å². The number of alkyl halides is 1. The summed E-state index contributed by atoms with van der Waals surface area (Å²) in [6, 6.07) is 7.69. The molecule has 0 radical (unpaired) electrons. The predicted molar refractivity (Wildman–Crippen MR) is 72.0 cm³/mol. The average Bonchev–Trinajstić information content (AvgIpc) is 3.12. The molecule has 1 aliphatic carbocycles. The van der Waals surface area contributed by atoms with E-state index in [1.165, 1.54) is 0 Å². The summed E-state index contributed by atoms with van der Waals surface area (Å²) in [5.41, 5.74) is 0.797. The lowest BCUT2D eigenvalue weighted by Gasteiger charge is -2.12. The molecule has 4 heteroatoms. The molecule has 98 valence electrons. The van der Waals surface area contributed by atoms with Gasteiger partial charge in [0.05, 0.1) is 6.10 Å². The molecule has 0 bridgehead atoms. The maximum atomic E-state index is 11.8. The maximum Gasteiger partial charge on any atom is 0.242 e. The summed E-state index contributed by atoms with van der Waals surface area (Å²) < 4.78 is 5.54. The standard InChI is InChI=1S/C14H18ClNO2/c1-9(2)18-12-7-3-10(4-8-12)13(15)14(17)16-11-5-6-11/h3-4,7-9,11,13H,5-6H2,1-2H3,(H,16,17). The largest absolute Gasteiger partial charge is 0.491 e. The van der Waals surface area contributed by atoms with Crippen LogP contribution < -0.4 is 10.1 Å². The van der Waals surface area contributed by atoms with Gasteiger partial charge in [-0.15, -0.1) is 11.6 Å². The van der Waals surface area contributed by atoms with Gasteiger partial charge in [-0.05, 0) is 44.4 Å². The summed E-state index contributed by atoms with van der Waals surface area (Å²) >= 11 is 6.13. The third kappa shape index (κ3) is 3.64. The zero-order valence-corrected chi connectivity index (χ0v) is 11.4. The maximum absolute atomic E-state index is 11.8. The highest BCUT2D eigenvalue weighted by Gasteiger charge is 2.27. The predicted octanol–water partition coefficient (Wildman–Crippen LogP) is 3.03. The first kappa shape index (κ1) is 13.2. The molecule has 0 spiro atoms. The molecular weight excluding hydrogens is 250 g/mol. The minimum atomic E-state index is -0.626. The number of halogens is 1. The molecule has 0 saturated heterocycles. The molecule has 1 amide bonds. The second-order valence-corrected chi connectivity index (χ2v) is 5.32. The van der Waals surface area contributed by atoms with E-state index in [1.54, 1.807) is 0 Å². The summed E-state index contributed by atoms with van der Waals surface area (Å²) in [6.07, 6.45) is 2.27. The van der Waals surface area contributed by atoms with Crippen molar-refractivity contribution in [2.45, 2.75) is 44.2 Å². The van der Waals surface area contributed by atoms with Crippen LogP contribution in [0.25, 0.3) is 0 Å². The van der Waals surface area contributed by atoms with Gasteiger partial charge in [-0.2, -0.15) is 0 Å². The van der Waals surface area contributed by atoms with Crippen molar-refractivity contribution in [1.29, 1.82) is 0 Å². The topological polar surface area (TPSA) is 38.3 Å². The Morgan fingerprint density at radius 2 is 1.94 bits per heavy atom. The first-order valence-electron chi connectivity index (χ1n) is 6.27. The lowest BCUT2D eigenvalue weighted by molar-refractivity contribution is -0.121.